The second-order valence-corrected chi connectivity index (χ2v) is 8.63. The molecule has 30 heavy (non-hydrogen) atoms. The van der Waals surface area contributed by atoms with Gasteiger partial charge in [-0.2, -0.15) is 0 Å². The van der Waals surface area contributed by atoms with Crippen LogP contribution in [0, 0.1) is 0 Å². The van der Waals surface area contributed by atoms with Gasteiger partial charge < -0.3 is 10.4 Å². The van der Waals surface area contributed by atoms with Gasteiger partial charge in [0.05, 0.1) is 15.6 Å². The summed E-state index contributed by atoms with van der Waals surface area (Å²) in [5, 5.41) is 17.3. The Morgan fingerprint density at radius 2 is 1.73 bits per heavy atom. The van der Waals surface area contributed by atoms with Crippen LogP contribution in [-0.4, -0.2) is 52.0 Å². The van der Waals surface area contributed by atoms with Crippen molar-refractivity contribution in [2.75, 3.05) is 18.4 Å². The number of thiazole rings is 1. The maximum Gasteiger partial charge on any atom is 0.270 e. The van der Waals surface area contributed by atoms with Crippen LogP contribution < -0.4 is 10.6 Å². The first-order valence-electron chi connectivity index (χ1n) is 9.09. The number of nitrogens with one attached hydrogen (secondary N) is 2. The molecule has 1 aromatic heterocycles. The summed E-state index contributed by atoms with van der Waals surface area (Å²) < 4.78 is 0. The first kappa shape index (κ1) is 26.5. The number of phenols is 1. The van der Waals surface area contributed by atoms with Crippen LogP contribution in [0.2, 0.25) is 10.0 Å². The van der Waals surface area contributed by atoms with E-state index in [0.29, 0.717) is 18.6 Å². The molecule has 3 N–H and O–H groups in total. The first-order chi connectivity index (χ1) is 13.6. The van der Waals surface area contributed by atoms with Crippen LogP contribution in [0.25, 0.3) is 0 Å². The van der Waals surface area contributed by atoms with Crippen molar-refractivity contribution in [3.63, 3.8) is 0 Å². The van der Waals surface area contributed by atoms with Gasteiger partial charge in [0.15, 0.2) is 5.13 Å². The summed E-state index contributed by atoms with van der Waals surface area (Å²) >= 11 is 12.8. The summed E-state index contributed by atoms with van der Waals surface area (Å²) in [6.07, 6.45) is 0. The zero-order valence-corrected chi connectivity index (χ0v) is 20.2. The van der Waals surface area contributed by atoms with Gasteiger partial charge >= 0.3 is 0 Å². The van der Waals surface area contributed by atoms with Gasteiger partial charge in [0.1, 0.15) is 11.4 Å². The molecule has 0 saturated heterocycles. The first-order valence-corrected chi connectivity index (χ1v) is 10.7. The van der Waals surface area contributed by atoms with Gasteiger partial charge in [0, 0.05) is 36.6 Å². The third-order valence-electron chi connectivity index (χ3n) is 4.22. The fourth-order valence-corrected chi connectivity index (χ4v) is 3.83. The third-order valence-corrected chi connectivity index (χ3v) is 5.70. The van der Waals surface area contributed by atoms with E-state index in [-0.39, 0.29) is 50.5 Å². The molecule has 2 aromatic rings. The summed E-state index contributed by atoms with van der Waals surface area (Å²) in [5.74, 6) is -1.22. The largest absolute Gasteiger partial charge is 0.507 e. The molecule has 0 radical (unpaired) electrons. The number of halogens is 3. The molecule has 7 nitrogen and oxygen atoms in total. The van der Waals surface area contributed by atoms with Crippen molar-refractivity contribution in [3.8, 4) is 5.75 Å². The predicted molar refractivity (Wildman–Crippen MR) is 125 cm³/mol. The zero-order valence-electron chi connectivity index (χ0n) is 17.0. The number of rotatable bonds is 8. The minimum atomic E-state index is -0.605. The fourth-order valence-electron chi connectivity index (χ4n) is 2.82. The monoisotopic (exact) mass is 494 g/mol. The van der Waals surface area contributed by atoms with Crippen molar-refractivity contribution >= 4 is 63.9 Å². The average Bonchev–Trinajstić information content (AvgIpc) is 3.09. The Bertz CT molecular complexity index is 882. The van der Waals surface area contributed by atoms with E-state index in [9.17, 15) is 14.7 Å². The van der Waals surface area contributed by atoms with Crippen LogP contribution >= 0.6 is 46.9 Å². The molecule has 0 bridgehead atoms. The van der Waals surface area contributed by atoms with Gasteiger partial charge in [-0.15, -0.1) is 23.7 Å². The number of aromatic hydroxyl groups is 1. The predicted octanol–water partition coefficient (Wildman–Crippen LogP) is 4.68. The van der Waals surface area contributed by atoms with Crippen molar-refractivity contribution < 1.29 is 14.7 Å². The summed E-state index contributed by atoms with van der Waals surface area (Å²) in [4.78, 5) is 31.0. The standard InChI is InChI=1S/C19H24Cl2N4O3S.ClH/c1-10(2)25(11(3)4)6-5-22-18(28)15-9-29-19(23-15)24-17(27)12-7-13(20)14(21)8-16(12)26;/h7-11,26H,5-6H2,1-4H3,(H,22,28)(H,23,24,27);1H. The molecule has 1 aromatic carbocycles. The Hall–Kier alpha value is -1.58. The second-order valence-electron chi connectivity index (χ2n) is 6.96. The second kappa shape index (κ2) is 11.7. The Labute approximate surface area is 196 Å². The summed E-state index contributed by atoms with van der Waals surface area (Å²) in [7, 11) is 0. The smallest absolute Gasteiger partial charge is 0.270 e. The lowest BCUT2D eigenvalue weighted by Crippen LogP contribution is -2.42. The molecule has 0 aliphatic carbocycles. The minimum Gasteiger partial charge on any atom is -0.507 e. The number of hydrogen-bond donors (Lipinski definition) is 3. The number of carbonyl (C=O) groups is 2. The fraction of sp³-hybridized carbons (Fsp3) is 0.421. The Morgan fingerprint density at radius 3 is 2.33 bits per heavy atom. The van der Waals surface area contributed by atoms with E-state index in [0.717, 1.165) is 17.9 Å². The summed E-state index contributed by atoms with van der Waals surface area (Å²) in [6, 6.07) is 3.22. The highest BCUT2D eigenvalue weighted by atomic mass is 35.5. The van der Waals surface area contributed by atoms with E-state index in [1.807, 2.05) is 0 Å². The topological polar surface area (TPSA) is 94.6 Å². The number of hydrogen-bond acceptors (Lipinski definition) is 6. The molecular formula is C19H25Cl3N4O3S. The normalized spacial score (nSPS) is 11.0. The number of amides is 2. The van der Waals surface area contributed by atoms with Crippen LogP contribution in [-0.2, 0) is 0 Å². The molecule has 0 unspecified atom stereocenters. The van der Waals surface area contributed by atoms with Gasteiger partial charge in [-0.25, -0.2) is 4.98 Å². The number of benzene rings is 1. The van der Waals surface area contributed by atoms with Gasteiger partial charge in [0.25, 0.3) is 11.8 Å². The molecule has 2 amide bonds. The molecule has 0 aliphatic rings. The quantitative estimate of drug-likeness (QED) is 0.494. The van der Waals surface area contributed by atoms with Gasteiger partial charge in [-0.3, -0.25) is 19.8 Å². The van der Waals surface area contributed by atoms with Crippen molar-refractivity contribution in [2.24, 2.45) is 0 Å². The Kier molecular flexibility index (Phi) is 10.3. The summed E-state index contributed by atoms with van der Waals surface area (Å²) in [5.41, 5.74) is 0.173. The zero-order chi connectivity index (χ0) is 21.7. The van der Waals surface area contributed by atoms with Crippen LogP contribution in [0.4, 0.5) is 5.13 Å². The molecule has 0 atom stereocenters. The lowest BCUT2D eigenvalue weighted by Gasteiger charge is -2.30. The van der Waals surface area contributed by atoms with Crippen LogP contribution in [0.1, 0.15) is 48.5 Å². The average molecular weight is 496 g/mol. The Morgan fingerprint density at radius 1 is 1.13 bits per heavy atom. The van der Waals surface area contributed by atoms with Crippen molar-refractivity contribution in [2.45, 2.75) is 39.8 Å². The van der Waals surface area contributed by atoms with Crippen LogP contribution in [0.3, 0.4) is 0 Å². The lowest BCUT2D eigenvalue weighted by atomic mass is 10.2. The maximum absolute atomic E-state index is 12.3. The van der Waals surface area contributed by atoms with E-state index in [2.05, 4.69) is 48.2 Å². The number of aromatic nitrogens is 1. The lowest BCUT2D eigenvalue weighted by molar-refractivity contribution is 0.0934. The molecule has 166 valence electrons. The van der Waals surface area contributed by atoms with E-state index < -0.39 is 5.91 Å². The molecule has 11 heteroatoms. The molecule has 1 heterocycles. The van der Waals surface area contributed by atoms with E-state index in [1.54, 1.807) is 5.38 Å². The minimum absolute atomic E-state index is 0. The number of nitrogens with zero attached hydrogens (tertiary/aromatic N) is 2. The molecule has 0 aliphatic heterocycles. The molecule has 0 spiro atoms. The maximum atomic E-state index is 12.3. The van der Waals surface area contributed by atoms with Gasteiger partial charge in [-0.05, 0) is 33.8 Å². The van der Waals surface area contributed by atoms with E-state index >= 15 is 0 Å². The highest BCUT2D eigenvalue weighted by Gasteiger charge is 2.18. The van der Waals surface area contributed by atoms with Crippen LogP contribution in [0.5, 0.6) is 5.75 Å². The molecule has 0 fully saturated rings. The third kappa shape index (κ3) is 6.99. The SMILES string of the molecule is CC(C)N(CCNC(=O)c1csc(NC(=O)c2cc(Cl)c(Cl)cc2O)n1)C(C)C.Cl. The number of anilines is 1. The highest BCUT2D eigenvalue weighted by molar-refractivity contribution is 7.14. The van der Waals surface area contributed by atoms with Gasteiger partial charge in [0.2, 0.25) is 0 Å². The van der Waals surface area contributed by atoms with E-state index in [4.69, 9.17) is 23.2 Å². The molecule has 0 saturated carbocycles. The van der Waals surface area contributed by atoms with Crippen LogP contribution in [0.15, 0.2) is 17.5 Å². The molecular weight excluding hydrogens is 471 g/mol. The van der Waals surface area contributed by atoms with E-state index in [1.165, 1.54) is 12.1 Å². The van der Waals surface area contributed by atoms with Crippen molar-refractivity contribution in [3.05, 3.63) is 38.8 Å². The highest BCUT2D eigenvalue weighted by Crippen LogP contribution is 2.30. The summed E-state index contributed by atoms with van der Waals surface area (Å²) in [6.45, 7) is 9.68. The molecule has 2 rings (SSSR count). The Balaban J connectivity index is 0.00000450. The number of carbonyl (C=O) groups excluding carboxylic acids is 2. The van der Waals surface area contributed by atoms with Crippen molar-refractivity contribution in [1.29, 1.82) is 0 Å². The number of phenolic OH excluding ortho intramolecular Hbond substituents is 1. The van der Waals surface area contributed by atoms with Crippen molar-refractivity contribution in [1.82, 2.24) is 15.2 Å². The van der Waals surface area contributed by atoms with Gasteiger partial charge in [-0.1, -0.05) is 23.2 Å².